The van der Waals surface area contributed by atoms with Gasteiger partial charge in [-0.1, -0.05) is 42.5 Å². The first kappa shape index (κ1) is 17.1. The van der Waals surface area contributed by atoms with E-state index in [-0.39, 0.29) is 5.91 Å². The fourth-order valence-electron chi connectivity index (χ4n) is 2.58. The van der Waals surface area contributed by atoms with Gasteiger partial charge >= 0.3 is 0 Å². The highest BCUT2D eigenvalue weighted by molar-refractivity contribution is 5.84. The number of hydrogen-bond donors (Lipinski definition) is 0. The van der Waals surface area contributed by atoms with Crippen LogP contribution in [-0.2, 0) is 4.79 Å². The second-order valence-electron chi connectivity index (χ2n) is 5.98. The van der Waals surface area contributed by atoms with E-state index < -0.39 is 5.60 Å². The van der Waals surface area contributed by atoms with Crippen LogP contribution in [0.3, 0.4) is 0 Å². The Hall–Kier alpha value is -2.29. The van der Waals surface area contributed by atoms with E-state index in [4.69, 9.17) is 4.74 Å². The average molecular weight is 311 g/mol. The molecule has 0 N–H and O–H groups in total. The van der Waals surface area contributed by atoms with Gasteiger partial charge in [-0.2, -0.15) is 0 Å². The quantitative estimate of drug-likeness (QED) is 0.792. The van der Waals surface area contributed by atoms with E-state index in [2.05, 4.69) is 12.1 Å². The third-order valence-corrected chi connectivity index (χ3v) is 3.90. The van der Waals surface area contributed by atoms with Gasteiger partial charge in [0.15, 0.2) is 5.60 Å². The van der Waals surface area contributed by atoms with E-state index in [9.17, 15) is 4.79 Å². The molecule has 0 aromatic heterocycles. The van der Waals surface area contributed by atoms with Gasteiger partial charge in [0.05, 0.1) is 0 Å². The summed E-state index contributed by atoms with van der Waals surface area (Å²) in [4.78, 5) is 14.3. The minimum atomic E-state index is -0.875. The van der Waals surface area contributed by atoms with Crippen molar-refractivity contribution in [2.24, 2.45) is 0 Å². The Morgan fingerprint density at radius 2 is 1.43 bits per heavy atom. The topological polar surface area (TPSA) is 29.5 Å². The lowest BCUT2D eigenvalue weighted by atomic mass is 10.1. The molecule has 0 aliphatic carbocycles. The highest BCUT2D eigenvalue weighted by atomic mass is 16.5. The zero-order valence-electron chi connectivity index (χ0n) is 14.4. The summed E-state index contributed by atoms with van der Waals surface area (Å²) in [7, 11) is 0. The van der Waals surface area contributed by atoms with Crippen LogP contribution in [0.1, 0.15) is 27.7 Å². The van der Waals surface area contributed by atoms with Crippen LogP contribution in [0.4, 0.5) is 0 Å². The standard InChI is InChI=1S/C20H25NO2/c1-5-21(6-2)19(22)20(3,4)23-18-14-12-17(13-15-18)16-10-8-7-9-11-16/h7-15H,5-6H2,1-4H3. The van der Waals surface area contributed by atoms with E-state index in [0.717, 1.165) is 11.1 Å². The Balaban J connectivity index is 2.12. The van der Waals surface area contributed by atoms with Gasteiger partial charge in [-0.15, -0.1) is 0 Å². The molecule has 23 heavy (non-hydrogen) atoms. The number of nitrogens with zero attached hydrogens (tertiary/aromatic N) is 1. The fourth-order valence-corrected chi connectivity index (χ4v) is 2.58. The molecular weight excluding hydrogens is 286 g/mol. The van der Waals surface area contributed by atoms with E-state index >= 15 is 0 Å². The maximum absolute atomic E-state index is 12.5. The van der Waals surface area contributed by atoms with Crippen molar-refractivity contribution >= 4 is 5.91 Å². The Bertz CT molecular complexity index is 628. The molecular formula is C20H25NO2. The van der Waals surface area contributed by atoms with Gasteiger partial charge in [0.1, 0.15) is 5.75 Å². The summed E-state index contributed by atoms with van der Waals surface area (Å²) in [6.45, 7) is 8.97. The van der Waals surface area contributed by atoms with Crippen molar-refractivity contribution in [1.82, 2.24) is 4.90 Å². The van der Waals surface area contributed by atoms with Crippen molar-refractivity contribution < 1.29 is 9.53 Å². The Morgan fingerprint density at radius 3 is 1.96 bits per heavy atom. The molecule has 0 aliphatic heterocycles. The Morgan fingerprint density at radius 1 is 0.913 bits per heavy atom. The van der Waals surface area contributed by atoms with Crippen LogP contribution in [0.5, 0.6) is 5.75 Å². The number of amides is 1. The Kier molecular flexibility index (Phi) is 5.43. The number of carbonyl (C=O) groups excluding carboxylic acids is 1. The molecule has 0 atom stereocenters. The van der Waals surface area contributed by atoms with Crippen LogP contribution < -0.4 is 4.74 Å². The van der Waals surface area contributed by atoms with Gasteiger partial charge in [-0.25, -0.2) is 0 Å². The molecule has 2 rings (SSSR count). The molecule has 1 amide bonds. The smallest absolute Gasteiger partial charge is 0.266 e. The van der Waals surface area contributed by atoms with Gasteiger partial charge in [0.2, 0.25) is 0 Å². The van der Waals surface area contributed by atoms with E-state index in [1.807, 2.05) is 70.2 Å². The molecule has 0 heterocycles. The van der Waals surface area contributed by atoms with Crippen LogP contribution >= 0.6 is 0 Å². The molecule has 2 aromatic carbocycles. The lowest BCUT2D eigenvalue weighted by Gasteiger charge is -2.31. The maximum Gasteiger partial charge on any atom is 0.266 e. The molecule has 0 saturated carbocycles. The van der Waals surface area contributed by atoms with Crippen molar-refractivity contribution in [2.75, 3.05) is 13.1 Å². The highest BCUT2D eigenvalue weighted by Gasteiger charge is 2.33. The monoisotopic (exact) mass is 311 g/mol. The summed E-state index contributed by atoms with van der Waals surface area (Å²) >= 11 is 0. The maximum atomic E-state index is 12.5. The molecule has 3 nitrogen and oxygen atoms in total. The largest absolute Gasteiger partial charge is 0.478 e. The fraction of sp³-hybridized carbons (Fsp3) is 0.350. The van der Waals surface area contributed by atoms with Crippen LogP contribution in [-0.4, -0.2) is 29.5 Å². The zero-order chi connectivity index (χ0) is 16.9. The number of hydrogen-bond acceptors (Lipinski definition) is 2. The van der Waals surface area contributed by atoms with Crippen molar-refractivity contribution in [3.8, 4) is 16.9 Å². The molecule has 0 aliphatic rings. The average Bonchev–Trinajstić information content (AvgIpc) is 2.57. The summed E-state index contributed by atoms with van der Waals surface area (Å²) < 4.78 is 5.95. The van der Waals surface area contributed by atoms with Crippen LogP contribution in [0.25, 0.3) is 11.1 Å². The normalized spacial score (nSPS) is 11.1. The summed E-state index contributed by atoms with van der Waals surface area (Å²) in [5, 5.41) is 0. The minimum absolute atomic E-state index is 0.00892. The van der Waals surface area contributed by atoms with Gasteiger partial charge < -0.3 is 9.64 Å². The van der Waals surface area contributed by atoms with Crippen molar-refractivity contribution in [2.45, 2.75) is 33.3 Å². The number of benzene rings is 2. The molecule has 0 radical (unpaired) electrons. The molecule has 3 heteroatoms. The van der Waals surface area contributed by atoms with Crippen LogP contribution in [0, 0.1) is 0 Å². The second kappa shape index (κ2) is 7.32. The highest BCUT2D eigenvalue weighted by Crippen LogP contribution is 2.25. The van der Waals surface area contributed by atoms with Crippen molar-refractivity contribution in [3.63, 3.8) is 0 Å². The lowest BCUT2D eigenvalue weighted by molar-refractivity contribution is -0.145. The molecule has 2 aromatic rings. The third kappa shape index (κ3) is 4.13. The molecule has 0 saturated heterocycles. The summed E-state index contributed by atoms with van der Waals surface area (Å²) in [6, 6.07) is 18.1. The van der Waals surface area contributed by atoms with Crippen molar-refractivity contribution in [1.29, 1.82) is 0 Å². The predicted molar refractivity (Wildman–Crippen MR) is 94.5 cm³/mol. The molecule has 122 valence electrons. The molecule has 0 unspecified atom stereocenters. The first-order valence-electron chi connectivity index (χ1n) is 8.11. The Labute approximate surface area is 138 Å². The zero-order valence-corrected chi connectivity index (χ0v) is 14.4. The first-order valence-corrected chi connectivity index (χ1v) is 8.11. The lowest BCUT2D eigenvalue weighted by Crippen LogP contribution is -2.48. The minimum Gasteiger partial charge on any atom is -0.478 e. The number of ether oxygens (including phenoxy) is 1. The van der Waals surface area contributed by atoms with Gasteiger partial charge in [-0.05, 0) is 51.0 Å². The van der Waals surface area contributed by atoms with Crippen molar-refractivity contribution in [3.05, 3.63) is 54.6 Å². The van der Waals surface area contributed by atoms with Gasteiger partial charge in [0.25, 0.3) is 5.91 Å². The molecule has 0 fully saturated rings. The SMILES string of the molecule is CCN(CC)C(=O)C(C)(C)Oc1ccc(-c2ccccc2)cc1. The van der Waals surface area contributed by atoms with E-state index in [1.165, 1.54) is 0 Å². The number of carbonyl (C=O) groups is 1. The third-order valence-electron chi connectivity index (χ3n) is 3.90. The van der Waals surface area contributed by atoms with E-state index in [1.54, 1.807) is 4.90 Å². The molecule has 0 spiro atoms. The summed E-state index contributed by atoms with van der Waals surface area (Å²) in [5.41, 5.74) is 1.42. The van der Waals surface area contributed by atoms with Gasteiger partial charge in [-0.3, -0.25) is 4.79 Å². The predicted octanol–water partition coefficient (Wildman–Crippen LogP) is 4.38. The molecule has 0 bridgehead atoms. The summed E-state index contributed by atoms with van der Waals surface area (Å²) in [6.07, 6.45) is 0. The first-order chi connectivity index (χ1) is 11.0. The van der Waals surface area contributed by atoms with Crippen LogP contribution in [0.15, 0.2) is 54.6 Å². The van der Waals surface area contributed by atoms with Gasteiger partial charge in [0, 0.05) is 13.1 Å². The summed E-state index contributed by atoms with van der Waals surface area (Å²) in [5.74, 6) is 0.713. The number of likely N-dealkylation sites (N-methyl/N-ethyl adjacent to an activating group) is 1. The van der Waals surface area contributed by atoms with Crippen LogP contribution in [0.2, 0.25) is 0 Å². The van der Waals surface area contributed by atoms with E-state index in [0.29, 0.717) is 18.8 Å². The second-order valence-corrected chi connectivity index (χ2v) is 5.98. The number of rotatable bonds is 6.